The third-order valence-corrected chi connectivity index (χ3v) is 4.72. The number of halogens is 1. The first-order valence-electron chi connectivity index (χ1n) is 6.99. The fraction of sp³-hybridized carbons (Fsp3) is 0.294. The van der Waals surface area contributed by atoms with E-state index in [4.69, 9.17) is 0 Å². The molecule has 0 amide bonds. The number of benzene rings is 2. The molecule has 0 fully saturated rings. The van der Waals surface area contributed by atoms with Gasteiger partial charge < -0.3 is 5.32 Å². The molecule has 1 nitrogen and oxygen atoms in total. The minimum absolute atomic E-state index is 0.136. The molecule has 0 unspecified atom stereocenters. The molecule has 0 radical (unpaired) electrons. The van der Waals surface area contributed by atoms with Gasteiger partial charge in [-0.3, -0.25) is 0 Å². The summed E-state index contributed by atoms with van der Waals surface area (Å²) in [4.78, 5) is 1.83. The Morgan fingerprint density at radius 3 is 2.75 bits per heavy atom. The second-order valence-electron chi connectivity index (χ2n) is 5.18. The van der Waals surface area contributed by atoms with Gasteiger partial charge in [-0.1, -0.05) is 23.9 Å². The van der Waals surface area contributed by atoms with Gasteiger partial charge in [0.25, 0.3) is 0 Å². The fourth-order valence-electron chi connectivity index (χ4n) is 2.68. The van der Waals surface area contributed by atoms with Crippen molar-refractivity contribution < 1.29 is 4.39 Å². The summed E-state index contributed by atoms with van der Waals surface area (Å²) in [6.07, 6.45) is 3.59. The van der Waals surface area contributed by atoms with Crippen LogP contribution in [0.4, 0.5) is 4.39 Å². The highest BCUT2D eigenvalue weighted by molar-refractivity contribution is 7.99. The Bertz CT molecular complexity index is 624. The lowest BCUT2D eigenvalue weighted by atomic mass is 10.1. The summed E-state index contributed by atoms with van der Waals surface area (Å²) in [5, 5.41) is 3.04. The summed E-state index contributed by atoms with van der Waals surface area (Å²) < 4.78 is 14.1. The average molecular weight is 287 g/mol. The number of fused-ring (bicyclic) bond motifs is 1. The zero-order chi connectivity index (χ0) is 13.9. The summed E-state index contributed by atoms with van der Waals surface area (Å²) in [6, 6.07) is 12.0. The predicted octanol–water partition coefficient (Wildman–Crippen LogP) is 4.19. The molecule has 0 atom stereocenters. The minimum Gasteiger partial charge on any atom is -0.316 e. The van der Waals surface area contributed by atoms with Gasteiger partial charge >= 0.3 is 0 Å². The molecule has 1 aliphatic rings. The van der Waals surface area contributed by atoms with E-state index in [-0.39, 0.29) is 5.82 Å². The minimum atomic E-state index is -0.136. The molecule has 0 bridgehead atoms. The van der Waals surface area contributed by atoms with Gasteiger partial charge in [-0.2, -0.15) is 0 Å². The van der Waals surface area contributed by atoms with Crippen LogP contribution in [0.2, 0.25) is 0 Å². The largest absolute Gasteiger partial charge is 0.316 e. The Kier molecular flexibility index (Phi) is 4.08. The molecular weight excluding hydrogens is 269 g/mol. The highest BCUT2D eigenvalue weighted by atomic mass is 32.2. The van der Waals surface area contributed by atoms with Crippen LogP contribution >= 0.6 is 11.8 Å². The molecule has 0 heterocycles. The van der Waals surface area contributed by atoms with E-state index in [1.165, 1.54) is 35.7 Å². The first-order valence-corrected chi connectivity index (χ1v) is 7.80. The predicted molar refractivity (Wildman–Crippen MR) is 81.8 cm³/mol. The highest BCUT2D eigenvalue weighted by Gasteiger charge is 2.12. The standard InChI is InChI=1S/C17H18FNS/c1-19-11-12-5-8-17(16(18)9-12)20-15-7-6-13-3-2-4-14(13)10-15/h5-10,19H,2-4,11H2,1H3. The van der Waals surface area contributed by atoms with Crippen LogP contribution in [0.15, 0.2) is 46.2 Å². The fourth-order valence-corrected chi connectivity index (χ4v) is 3.56. The normalized spacial score (nSPS) is 13.5. The lowest BCUT2D eigenvalue weighted by Gasteiger charge is -2.07. The van der Waals surface area contributed by atoms with E-state index >= 15 is 0 Å². The van der Waals surface area contributed by atoms with Gasteiger partial charge in [0.15, 0.2) is 0 Å². The number of hydrogen-bond donors (Lipinski definition) is 1. The lowest BCUT2D eigenvalue weighted by molar-refractivity contribution is 0.598. The molecule has 2 aromatic carbocycles. The maximum absolute atomic E-state index is 14.1. The molecular formula is C17H18FNS. The second kappa shape index (κ2) is 5.98. The Morgan fingerprint density at radius 1 is 1.10 bits per heavy atom. The highest BCUT2D eigenvalue weighted by Crippen LogP contribution is 2.33. The zero-order valence-corrected chi connectivity index (χ0v) is 12.4. The zero-order valence-electron chi connectivity index (χ0n) is 11.6. The molecule has 3 rings (SSSR count). The second-order valence-corrected chi connectivity index (χ2v) is 6.30. The van der Waals surface area contributed by atoms with Gasteiger partial charge in [-0.05, 0) is 67.3 Å². The van der Waals surface area contributed by atoms with Crippen molar-refractivity contribution >= 4 is 11.8 Å². The van der Waals surface area contributed by atoms with E-state index in [0.29, 0.717) is 11.4 Å². The number of nitrogens with one attached hydrogen (secondary N) is 1. The van der Waals surface area contributed by atoms with Crippen LogP contribution in [-0.2, 0) is 19.4 Å². The SMILES string of the molecule is CNCc1ccc(Sc2ccc3c(c2)CCC3)c(F)c1. The Morgan fingerprint density at radius 2 is 1.95 bits per heavy atom. The van der Waals surface area contributed by atoms with Crippen molar-refractivity contribution in [1.82, 2.24) is 5.32 Å². The van der Waals surface area contributed by atoms with E-state index in [1.54, 1.807) is 6.07 Å². The third-order valence-electron chi connectivity index (χ3n) is 3.67. The van der Waals surface area contributed by atoms with Crippen LogP contribution in [0.3, 0.4) is 0 Å². The Balaban J connectivity index is 1.80. The van der Waals surface area contributed by atoms with Crippen molar-refractivity contribution in [2.75, 3.05) is 7.05 Å². The molecule has 0 spiro atoms. The van der Waals surface area contributed by atoms with E-state index in [0.717, 1.165) is 16.9 Å². The van der Waals surface area contributed by atoms with Crippen LogP contribution in [-0.4, -0.2) is 7.05 Å². The number of hydrogen-bond acceptors (Lipinski definition) is 2. The van der Waals surface area contributed by atoms with Crippen molar-refractivity contribution in [2.24, 2.45) is 0 Å². The molecule has 20 heavy (non-hydrogen) atoms. The van der Waals surface area contributed by atoms with Crippen molar-refractivity contribution in [2.45, 2.75) is 35.6 Å². The summed E-state index contributed by atoms with van der Waals surface area (Å²) in [5.74, 6) is -0.136. The summed E-state index contributed by atoms with van der Waals surface area (Å²) in [7, 11) is 1.87. The Hall–Kier alpha value is -1.32. The third kappa shape index (κ3) is 2.89. The smallest absolute Gasteiger partial charge is 0.137 e. The molecule has 1 N–H and O–H groups in total. The van der Waals surface area contributed by atoms with Gasteiger partial charge in [0, 0.05) is 16.3 Å². The van der Waals surface area contributed by atoms with Crippen LogP contribution in [0, 0.1) is 5.82 Å². The van der Waals surface area contributed by atoms with E-state index < -0.39 is 0 Å². The molecule has 0 aliphatic heterocycles. The van der Waals surface area contributed by atoms with E-state index in [1.807, 2.05) is 19.2 Å². The first-order chi connectivity index (χ1) is 9.76. The van der Waals surface area contributed by atoms with Crippen molar-refractivity contribution in [3.05, 3.63) is 58.9 Å². The summed E-state index contributed by atoms with van der Waals surface area (Å²) in [6.45, 7) is 0.695. The van der Waals surface area contributed by atoms with Gasteiger partial charge in [0.2, 0.25) is 0 Å². The first kappa shape index (κ1) is 13.7. The molecule has 1 aliphatic carbocycles. The van der Waals surface area contributed by atoms with Gasteiger partial charge in [-0.25, -0.2) is 4.39 Å². The average Bonchev–Trinajstić information content (AvgIpc) is 2.90. The topological polar surface area (TPSA) is 12.0 Å². The maximum Gasteiger partial charge on any atom is 0.137 e. The van der Waals surface area contributed by atoms with Crippen LogP contribution in [0.5, 0.6) is 0 Å². The van der Waals surface area contributed by atoms with E-state index in [2.05, 4.69) is 23.5 Å². The molecule has 0 saturated carbocycles. The number of rotatable bonds is 4. The monoisotopic (exact) mass is 287 g/mol. The van der Waals surface area contributed by atoms with E-state index in [9.17, 15) is 4.39 Å². The molecule has 0 aromatic heterocycles. The maximum atomic E-state index is 14.1. The van der Waals surface area contributed by atoms with Gasteiger partial charge in [0.05, 0.1) is 0 Å². The number of aryl methyl sites for hydroxylation is 2. The van der Waals surface area contributed by atoms with Gasteiger partial charge in [0.1, 0.15) is 5.82 Å². The van der Waals surface area contributed by atoms with Crippen LogP contribution < -0.4 is 5.32 Å². The quantitative estimate of drug-likeness (QED) is 0.905. The molecule has 2 aromatic rings. The molecule has 0 saturated heterocycles. The summed E-state index contributed by atoms with van der Waals surface area (Å²) >= 11 is 1.51. The van der Waals surface area contributed by atoms with Gasteiger partial charge in [-0.15, -0.1) is 0 Å². The molecule has 104 valence electrons. The van der Waals surface area contributed by atoms with Crippen LogP contribution in [0.1, 0.15) is 23.1 Å². The summed E-state index contributed by atoms with van der Waals surface area (Å²) in [5.41, 5.74) is 3.87. The Labute approximate surface area is 123 Å². The lowest BCUT2D eigenvalue weighted by Crippen LogP contribution is -2.05. The van der Waals surface area contributed by atoms with Crippen LogP contribution in [0.25, 0.3) is 0 Å². The van der Waals surface area contributed by atoms with Crippen molar-refractivity contribution in [1.29, 1.82) is 0 Å². The van der Waals surface area contributed by atoms with Crippen molar-refractivity contribution in [3.63, 3.8) is 0 Å². The van der Waals surface area contributed by atoms with Crippen molar-refractivity contribution in [3.8, 4) is 0 Å². The molecule has 3 heteroatoms.